The van der Waals surface area contributed by atoms with E-state index in [1.54, 1.807) is 0 Å². The number of hydrogen-bond donors (Lipinski definition) is 0. The molecule has 2 aliphatic rings. The van der Waals surface area contributed by atoms with Gasteiger partial charge in [-0.15, -0.1) is 0 Å². The van der Waals surface area contributed by atoms with Crippen LogP contribution in [0.5, 0.6) is 0 Å². The second-order valence-electron chi connectivity index (χ2n) is 12.0. The zero-order valence-electron chi connectivity index (χ0n) is 19.0. The van der Waals surface area contributed by atoms with Crippen LogP contribution in [0, 0.1) is 11.3 Å². The highest BCUT2D eigenvalue weighted by molar-refractivity contribution is 6.49. The molecule has 0 aliphatic carbocycles. The Morgan fingerprint density at radius 2 is 1.19 bits per heavy atom. The van der Waals surface area contributed by atoms with Crippen LogP contribution in [-0.4, -0.2) is 38.7 Å². The average molecular weight is 366 g/mol. The summed E-state index contributed by atoms with van der Waals surface area (Å²) in [6.45, 7) is 25.6. The van der Waals surface area contributed by atoms with E-state index in [9.17, 15) is 0 Å². The molecule has 26 heavy (non-hydrogen) atoms. The van der Waals surface area contributed by atoms with Crippen LogP contribution in [0.1, 0.15) is 82.6 Å². The smallest absolute Gasteiger partial charge is 0.410 e. The Kier molecular flexibility index (Phi) is 5.81. The molecule has 6 heteroatoms. The molecular weight excluding hydrogens is 326 g/mol. The van der Waals surface area contributed by atoms with Crippen LogP contribution in [0.3, 0.4) is 0 Å². The normalized spacial score (nSPS) is 26.9. The van der Waals surface area contributed by atoms with Crippen LogP contribution in [0.4, 0.5) is 0 Å². The summed E-state index contributed by atoms with van der Waals surface area (Å²) in [7, 11) is -0.405. The molecule has 0 aromatic heterocycles. The van der Waals surface area contributed by atoms with Gasteiger partial charge in [0.15, 0.2) is 0 Å². The van der Waals surface area contributed by atoms with Crippen LogP contribution in [0.15, 0.2) is 0 Å². The van der Waals surface area contributed by atoms with Crippen molar-refractivity contribution in [1.29, 1.82) is 0 Å². The Bertz CT molecular complexity index is 480. The minimum absolute atomic E-state index is 0.0593. The Hall–Kier alpha value is -0.0301. The molecule has 2 aliphatic heterocycles. The van der Waals surface area contributed by atoms with Gasteiger partial charge in [-0.25, -0.2) is 0 Å². The lowest BCUT2D eigenvalue weighted by molar-refractivity contribution is -0.145. The Morgan fingerprint density at radius 1 is 0.769 bits per heavy atom. The monoisotopic (exact) mass is 366 g/mol. The Labute approximate surface area is 162 Å². The molecule has 0 radical (unpaired) electrons. The fraction of sp³-hybridized carbons (Fsp3) is 1.00. The highest BCUT2D eigenvalue weighted by Gasteiger charge is 2.57. The molecule has 0 spiro atoms. The number of hydrogen-bond acceptors (Lipinski definition) is 4. The van der Waals surface area contributed by atoms with E-state index in [-0.39, 0.29) is 47.4 Å². The van der Waals surface area contributed by atoms with Crippen molar-refractivity contribution in [2.45, 2.75) is 104 Å². The Morgan fingerprint density at radius 3 is 1.58 bits per heavy atom. The lowest BCUT2D eigenvalue weighted by Crippen LogP contribution is -2.62. The lowest BCUT2D eigenvalue weighted by Gasteiger charge is -2.55. The summed E-state index contributed by atoms with van der Waals surface area (Å²) >= 11 is 0. The molecule has 0 bridgehead atoms. The van der Waals surface area contributed by atoms with E-state index in [4.69, 9.17) is 18.6 Å². The third-order valence-corrected chi connectivity index (χ3v) is 5.83. The van der Waals surface area contributed by atoms with Gasteiger partial charge in [-0.2, -0.15) is 0 Å². The van der Waals surface area contributed by atoms with Gasteiger partial charge in [-0.05, 0) is 39.4 Å². The van der Waals surface area contributed by atoms with E-state index in [1.165, 1.54) is 0 Å². The quantitative estimate of drug-likeness (QED) is 0.642. The summed E-state index contributed by atoms with van der Waals surface area (Å²) in [6, 6.07) is 0. The van der Waals surface area contributed by atoms with Gasteiger partial charge >= 0.3 is 14.2 Å². The fourth-order valence-electron chi connectivity index (χ4n) is 4.19. The van der Waals surface area contributed by atoms with Crippen LogP contribution in [0.25, 0.3) is 0 Å². The van der Waals surface area contributed by atoms with Crippen LogP contribution >= 0.6 is 0 Å². The standard InChI is InChI=1S/C20H40B2O4/c1-16(2,3)21-25-19(8,9)15(20(10,11)26-21)12-18(6,7)22-23-13-17(4,5)14-24-22/h15H,12-14H2,1-11H3. The lowest BCUT2D eigenvalue weighted by atomic mass is 9.51. The van der Waals surface area contributed by atoms with E-state index < -0.39 is 0 Å². The van der Waals surface area contributed by atoms with E-state index >= 15 is 0 Å². The molecule has 2 saturated heterocycles. The van der Waals surface area contributed by atoms with E-state index in [0.717, 1.165) is 19.6 Å². The first-order valence-corrected chi connectivity index (χ1v) is 10.1. The van der Waals surface area contributed by atoms with Crippen molar-refractivity contribution >= 4 is 14.2 Å². The molecule has 0 atom stereocenters. The van der Waals surface area contributed by atoms with E-state index in [2.05, 4.69) is 76.2 Å². The summed E-state index contributed by atoms with van der Waals surface area (Å²) in [5.41, 5.74) is -0.488. The minimum atomic E-state index is -0.287. The summed E-state index contributed by atoms with van der Waals surface area (Å²) in [5.74, 6) is 0.228. The molecule has 0 aromatic carbocycles. The first-order chi connectivity index (χ1) is 11.5. The van der Waals surface area contributed by atoms with Crippen LogP contribution < -0.4 is 0 Å². The first-order valence-electron chi connectivity index (χ1n) is 10.1. The zero-order valence-corrected chi connectivity index (χ0v) is 19.0. The minimum Gasteiger partial charge on any atom is -0.410 e. The van der Waals surface area contributed by atoms with Crippen molar-refractivity contribution in [3.8, 4) is 0 Å². The summed E-state index contributed by atoms with van der Waals surface area (Å²) in [5, 5.41) is -0.187. The SMILES string of the molecule is CC1(C)COB(C(C)(C)CC2C(C)(C)OB(C(C)(C)C)OC2(C)C)OC1. The molecule has 2 rings (SSSR count). The van der Waals surface area contributed by atoms with Gasteiger partial charge in [0.2, 0.25) is 0 Å². The van der Waals surface area contributed by atoms with Crippen molar-refractivity contribution in [3.05, 3.63) is 0 Å². The van der Waals surface area contributed by atoms with Gasteiger partial charge in [-0.1, -0.05) is 48.5 Å². The third kappa shape index (κ3) is 4.87. The third-order valence-electron chi connectivity index (χ3n) is 5.83. The zero-order chi connectivity index (χ0) is 20.2. The summed E-state index contributed by atoms with van der Waals surface area (Å²) in [4.78, 5) is 0. The maximum absolute atomic E-state index is 6.45. The van der Waals surface area contributed by atoms with Gasteiger partial charge in [0, 0.05) is 29.9 Å². The molecule has 2 fully saturated rings. The van der Waals surface area contributed by atoms with Crippen molar-refractivity contribution in [1.82, 2.24) is 0 Å². The summed E-state index contributed by atoms with van der Waals surface area (Å²) < 4.78 is 25.1. The van der Waals surface area contributed by atoms with E-state index in [0.29, 0.717) is 0 Å². The van der Waals surface area contributed by atoms with Crippen molar-refractivity contribution < 1.29 is 18.6 Å². The molecule has 150 valence electrons. The second-order valence-corrected chi connectivity index (χ2v) is 12.0. The van der Waals surface area contributed by atoms with Gasteiger partial charge in [-0.3, -0.25) is 0 Å². The topological polar surface area (TPSA) is 36.9 Å². The molecule has 0 amide bonds. The average Bonchev–Trinajstić information content (AvgIpc) is 2.40. The molecular formula is C20H40B2O4. The first kappa shape index (κ1) is 22.3. The van der Waals surface area contributed by atoms with Gasteiger partial charge in [0.05, 0.1) is 11.2 Å². The van der Waals surface area contributed by atoms with Gasteiger partial charge in [0.25, 0.3) is 0 Å². The predicted octanol–water partition coefficient (Wildman–Crippen LogP) is 5.23. The molecule has 0 saturated carbocycles. The highest BCUT2D eigenvalue weighted by Crippen LogP contribution is 2.51. The largest absolute Gasteiger partial charge is 0.463 e. The fourth-order valence-corrected chi connectivity index (χ4v) is 4.19. The van der Waals surface area contributed by atoms with E-state index in [1.807, 2.05) is 0 Å². The molecule has 2 heterocycles. The van der Waals surface area contributed by atoms with Gasteiger partial charge in [0.1, 0.15) is 0 Å². The molecule has 0 aromatic rings. The van der Waals surface area contributed by atoms with Gasteiger partial charge < -0.3 is 18.6 Å². The maximum atomic E-state index is 6.45. The molecule has 4 nitrogen and oxygen atoms in total. The maximum Gasteiger partial charge on any atom is 0.463 e. The van der Waals surface area contributed by atoms with Crippen LogP contribution in [0.2, 0.25) is 10.6 Å². The molecule has 0 N–H and O–H groups in total. The van der Waals surface area contributed by atoms with Crippen molar-refractivity contribution in [2.24, 2.45) is 11.3 Å². The van der Waals surface area contributed by atoms with Crippen LogP contribution in [-0.2, 0) is 18.6 Å². The second kappa shape index (κ2) is 6.79. The van der Waals surface area contributed by atoms with Crippen molar-refractivity contribution in [3.63, 3.8) is 0 Å². The highest BCUT2D eigenvalue weighted by atomic mass is 16.6. The Balaban J connectivity index is 2.16. The predicted molar refractivity (Wildman–Crippen MR) is 109 cm³/mol. The number of rotatable bonds is 3. The van der Waals surface area contributed by atoms with Crippen molar-refractivity contribution in [2.75, 3.05) is 13.2 Å². The summed E-state index contributed by atoms with van der Waals surface area (Å²) in [6.07, 6.45) is 0.912. The molecule has 0 unspecified atom stereocenters.